The Bertz CT molecular complexity index is 391. The van der Waals surface area contributed by atoms with Gasteiger partial charge in [0.2, 0.25) is 0 Å². The summed E-state index contributed by atoms with van der Waals surface area (Å²) in [7, 11) is 0. The molecular weight excluding hydrogens is 222 g/mol. The predicted octanol–water partition coefficient (Wildman–Crippen LogP) is -0.160. The Balaban J connectivity index is 2.08. The van der Waals surface area contributed by atoms with Crippen LogP contribution in [-0.4, -0.2) is 35.1 Å². The second-order valence-electron chi connectivity index (χ2n) is 4.20. The Morgan fingerprint density at radius 2 is 2.53 bits per heavy atom. The predicted molar refractivity (Wildman–Crippen MR) is 60.9 cm³/mol. The normalized spacial score (nSPS) is 20.7. The van der Waals surface area contributed by atoms with Gasteiger partial charge in [-0.2, -0.15) is 0 Å². The van der Waals surface area contributed by atoms with Crippen LogP contribution >= 0.6 is 0 Å². The van der Waals surface area contributed by atoms with Gasteiger partial charge in [-0.15, -0.1) is 0 Å². The van der Waals surface area contributed by atoms with E-state index in [1.165, 1.54) is 6.26 Å². The average molecular weight is 239 g/mol. The first kappa shape index (κ1) is 12.1. The molecule has 0 aromatic carbocycles. The number of furan rings is 1. The number of carbonyl (C=O) groups is 1. The number of nitrogen functional groups attached to an aromatic ring is 1. The van der Waals surface area contributed by atoms with Crippen LogP contribution in [0.25, 0.3) is 0 Å². The molecule has 0 aliphatic carbocycles. The summed E-state index contributed by atoms with van der Waals surface area (Å²) in [5, 5.41) is 9.23. The van der Waals surface area contributed by atoms with E-state index in [2.05, 4.69) is 10.3 Å². The van der Waals surface area contributed by atoms with Gasteiger partial charge in [-0.1, -0.05) is 0 Å². The van der Waals surface area contributed by atoms with Crippen LogP contribution in [0.1, 0.15) is 29.0 Å². The molecule has 17 heavy (non-hydrogen) atoms. The summed E-state index contributed by atoms with van der Waals surface area (Å²) in [6.07, 6.45) is 3.54. The smallest absolute Gasteiger partial charge is 0.301 e. The molecule has 1 atom stereocenters. The van der Waals surface area contributed by atoms with Gasteiger partial charge in [0, 0.05) is 18.2 Å². The van der Waals surface area contributed by atoms with Crippen molar-refractivity contribution in [3.63, 3.8) is 0 Å². The van der Waals surface area contributed by atoms with Crippen molar-refractivity contribution in [2.75, 3.05) is 13.2 Å². The summed E-state index contributed by atoms with van der Waals surface area (Å²) in [5.41, 5.74) is 2.86. The maximum atomic E-state index is 11.4. The number of carbonyl (C=O) groups excluding carboxylic acids is 1. The fourth-order valence-corrected chi connectivity index (χ4v) is 2.25. The van der Waals surface area contributed by atoms with Crippen LogP contribution in [0.3, 0.4) is 0 Å². The van der Waals surface area contributed by atoms with Crippen LogP contribution in [0.5, 0.6) is 0 Å². The number of nitrogens with two attached hydrogens (primary N) is 1. The average Bonchev–Trinajstić information content (AvgIpc) is 2.97. The highest BCUT2D eigenvalue weighted by Gasteiger charge is 2.25. The lowest BCUT2D eigenvalue weighted by atomic mass is 10.2. The molecule has 2 heterocycles. The third-order valence-corrected chi connectivity index (χ3v) is 3.17. The molecule has 6 nitrogen and oxygen atoms in total. The molecule has 1 aliphatic rings. The topological polar surface area (TPSA) is 91.7 Å². The summed E-state index contributed by atoms with van der Waals surface area (Å²) in [6, 6.07) is 1.94. The summed E-state index contributed by atoms with van der Waals surface area (Å²) >= 11 is 0. The van der Waals surface area contributed by atoms with Crippen LogP contribution in [0.4, 0.5) is 0 Å². The van der Waals surface area contributed by atoms with E-state index in [0.717, 1.165) is 24.9 Å². The molecule has 2 rings (SSSR count). The Labute approximate surface area is 99.3 Å². The maximum Gasteiger partial charge on any atom is 0.301 e. The van der Waals surface area contributed by atoms with E-state index in [-0.39, 0.29) is 18.4 Å². The summed E-state index contributed by atoms with van der Waals surface area (Å²) in [6.45, 7) is 1.68. The van der Waals surface area contributed by atoms with Crippen LogP contribution in [0, 0.1) is 0 Å². The fraction of sp³-hybridized carbons (Fsp3) is 0.545. The monoisotopic (exact) mass is 239 g/mol. The molecular formula is C11H17N3O3. The van der Waals surface area contributed by atoms with Gasteiger partial charge in [-0.3, -0.25) is 15.1 Å². The van der Waals surface area contributed by atoms with Crippen molar-refractivity contribution in [1.29, 1.82) is 0 Å². The van der Waals surface area contributed by atoms with E-state index in [0.29, 0.717) is 6.54 Å². The summed E-state index contributed by atoms with van der Waals surface area (Å²) in [4.78, 5) is 13.6. The van der Waals surface area contributed by atoms with Crippen molar-refractivity contribution < 1.29 is 14.3 Å². The number of hydrazine groups is 1. The molecule has 1 fully saturated rings. The van der Waals surface area contributed by atoms with E-state index < -0.39 is 5.91 Å². The number of nitrogens with one attached hydrogen (secondary N) is 1. The molecule has 94 valence electrons. The van der Waals surface area contributed by atoms with Crippen molar-refractivity contribution >= 4 is 5.91 Å². The number of aliphatic hydroxyl groups excluding tert-OH is 1. The quantitative estimate of drug-likeness (QED) is 0.386. The lowest BCUT2D eigenvalue weighted by Crippen LogP contribution is -2.34. The number of hydrogen-bond acceptors (Lipinski definition) is 5. The molecule has 4 N–H and O–H groups in total. The van der Waals surface area contributed by atoms with E-state index in [9.17, 15) is 9.90 Å². The zero-order valence-electron chi connectivity index (χ0n) is 9.56. The Morgan fingerprint density at radius 1 is 1.71 bits per heavy atom. The summed E-state index contributed by atoms with van der Waals surface area (Å²) < 4.78 is 5.12. The molecule has 1 unspecified atom stereocenters. The maximum absolute atomic E-state index is 11.4. The van der Waals surface area contributed by atoms with Gasteiger partial charge in [0.15, 0.2) is 5.76 Å². The van der Waals surface area contributed by atoms with E-state index in [1.54, 1.807) is 6.07 Å². The van der Waals surface area contributed by atoms with Gasteiger partial charge in [0.25, 0.3) is 0 Å². The second-order valence-corrected chi connectivity index (χ2v) is 4.20. The lowest BCUT2D eigenvalue weighted by Gasteiger charge is -2.22. The van der Waals surface area contributed by atoms with Crippen molar-refractivity contribution in [3.05, 3.63) is 23.7 Å². The van der Waals surface area contributed by atoms with Gasteiger partial charge >= 0.3 is 5.91 Å². The second kappa shape index (κ2) is 5.31. The number of rotatable bonds is 4. The molecule has 1 aromatic heterocycles. The molecule has 6 heteroatoms. The molecule has 1 saturated heterocycles. The number of hydrogen-bond donors (Lipinski definition) is 3. The van der Waals surface area contributed by atoms with Gasteiger partial charge in [0.05, 0.1) is 12.9 Å². The van der Waals surface area contributed by atoms with E-state index in [1.807, 2.05) is 0 Å². The minimum Gasteiger partial charge on any atom is -0.459 e. The zero-order chi connectivity index (χ0) is 12.3. The SMILES string of the molecule is NNC(=O)c1occc1CN1CCCC1CO. The Kier molecular flexibility index (Phi) is 3.78. The molecule has 0 bridgehead atoms. The van der Waals surface area contributed by atoms with E-state index in [4.69, 9.17) is 10.3 Å². The zero-order valence-corrected chi connectivity index (χ0v) is 9.56. The number of amides is 1. The third kappa shape index (κ3) is 2.49. The van der Waals surface area contributed by atoms with Crippen molar-refractivity contribution in [3.8, 4) is 0 Å². The minimum absolute atomic E-state index is 0.149. The summed E-state index contributed by atoms with van der Waals surface area (Å²) in [5.74, 6) is 4.90. The first-order valence-electron chi connectivity index (χ1n) is 5.68. The van der Waals surface area contributed by atoms with Gasteiger partial charge in [-0.05, 0) is 25.5 Å². The standard InChI is InChI=1S/C11H17N3O3/c12-13-11(16)10-8(3-5-17-10)6-14-4-1-2-9(14)7-15/h3,5,9,15H,1-2,4,6-7,12H2,(H,13,16). The van der Waals surface area contributed by atoms with Crippen LogP contribution < -0.4 is 11.3 Å². The van der Waals surface area contributed by atoms with Crippen LogP contribution in [0.2, 0.25) is 0 Å². The molecule has 0 spiro atoms. The van der Waals surface area contributed by atoms with E-state index >= 15 is 0 Å². The van der Waals surface area contributed by atoms with Crippen LogP contribution in [-0.2, 0) is 6.54 Å². The molecule has 1 aliphatic heterocycles. The number of aliphatic hydroxyl groups is 1. The third-order valence-electron chi connectivity index (χ3n) is 3.17. The van der Waals surface area contributed by atoms with Crippen molar-refractivity contribution in [2.24, 2.45) is 5.84 Å². The molecule has 1 amide bonds. The first-order chi connectivity index (χ1) is 8.26. The highest BCUT2D eigenvalue weighted by Crippen LogP contribution is 2.21. The highest BCUT2D eigenvalue weighted by atomic mass is 16.3. The van der Waals surface area contributed by atoms with Crippen LogP contribution in [0.15, 0.2) is 16.7 Å². The Hall–Kier alpha value is -1.37. The largest absolute Gasteiger partial charge is 0.459 e. The lowest BCUT2D eigenvalue weighted by molar-refractivity contribution is 0.0921. The van der Waals surface area contributed by atoms with Gasteiger partial charge < -0.3 is 9.52 Å². The molecule has 0 saturated carbocycles. The number of nitrogens with zero attached hydrogens (tertiary/aromatic N) is 1. The van der Waals surface area contributed by atoms with Gasteiger partial charge in [-0.25, -0.2) is 5.84 Å². The minimum atomic E-state index is -0.426. The molecule has 0 radical (unpaired) electrons. The highest BCUT2D eigenvalue weighted by molar-refractivity contribution is 5.92. The fourth-order valence-electron chi connectivity index (χ4n) is 2.25. The number of likely N-dealkylation sites (tertiary alicyclic amines) is 1. The van der Waals surface area contributed by atoms with Gasteiger partial charge in [0.1, 0.15) is 0 Å². The molecule has 1 aromatic rings. The first-order valence-corrected chi connectivity index (χ1v) is 5.68. The van der Waals surface area contributed by atoms with Crippen molar-refractivity contribution in [1.82, 2.24) is 10.3 Å². The van der Waals surface area contributed by atoms with Crippen molar-refractivity contribution in [2.45, 2.75) is 25.4 Å². The Morgan fingerprint density at radius 3 is 3.24 bits per heavy atom.